The van der Waals surface area contributed by atoms with Crippen LogP contribution in [-0.2, 0) is 10.2 Å². The molecule has 0 radical (unpaired) electrons. The monoisotopic (exact) mass is 472 g/mol. The van der Waals surface area contributed by atoms with Crippen molar-refractivity contribution in [2.24, 2.45) is 5.41 Å². The van der Waals surface area contributed by atoms with E-state index >= 15 is 0 Å². The predicted molar refractivity (Wildman–Crippen MR) is 133 cm³/mol. The summed E-state index contributed by atoms with van der Waals surface area (Å²) in [5.74, 6) is -0.894. The summed E-state index contributed by atoms with van der Waals surface area (Å²) < 4.78 is 16.0. The molecule has 0 bridgehead atoms. The zero-order valence-corrected chi connectivity index (χ0v) is 20.2. The summed E-state index contributed by atoms with van der Waals surface area (Å²) in [6, 6.07) is 13.0. The quantitative estimate of drug-likeness (QED) is 0.343. The number of aromatic nitrogens is 3. The molecule has 1 fully saturated rings. The molecule has 2 aromatic heterocycles. The molecule has 4 aromatic rings. The zero-order valence-electron chi connectivity index (χ0n) is 20.2. The van der Waals surface area contributed by atoms with E-state index in [4.69, 9.17) is 0 Å². The van der Waals surface area contributed by atoms with Crippen molar-refractivity contribution in [3.8, 4) is 11.8 Å². The number of benzene rings is 2. The lowest BCUT2D eigenvalue weighted by molar-refractivity contribution is -0.149. The Bertz CT molecular complexity index is 1460. The molecule has 2 aromatic carbocycles. The van der Waals surface area contributed by atoms with Crippen molar-refractivity contribution in [2.75, 3.05) is 0 Å². The summed E-state index contributed by atoms with van der Waals surface area (Å²) in [5, 5.41) is 28.8. The molecule has 0 aliphatic heterocycles. The summed E-state index contributed by atoms with van der Waals surface area (Å²) in [4.78, 5) is 11.9. The maximum absolute atomic E-state index is 13.9. The number of nitriles is 1. The molecule has 35 heavy (non-hydrogen) atoms. The number of carbonyl (C=O) groups is 1. The first-order chi connectivity index (χ1) is 16.6. The molecule has 1 saturated carbocycles. The van der Waals surface area contributed by atoms with E-state index in [1.165, 1.54) is 12.1 Å². The lowest BCUT2D eigenvalue weighted by Crippen LogP contribution is -2.32. The van der Waals surface area contributed by atoms with E-state index in [2.05, 4.69) is 46.8 Å². The molecule has 0 atom stereocenters. The summed E-state index contributed by atoms with van der Waals surface area (Å²) >= 11 is 0. The van der Waals surface area contributed by atoms with Crippen molar-refractivity contribution >= 4 is 27.8 Å². The summed E-state index contributed by atoms with van der Waals surface area (Å²) in [6.45, 7) is 5.99. The third-order valence-corrected chi connectivity index (χ3v) is 7.83. The van der Waals surface area contributed by atoms with Gasteiger partial charge in [-0.05, 0) is 80.5 Å². The molecule has 0 unspecified atom stereocenters. The number of nitrogens with one attached hydrogen (secondary N) is 1. The van der Waals surface area contributed by atoms with Crippen LogP contribution in [0.3, 0.4) is 0 Å². The molecule has 2 heterocycles. The number of H-pyrrole nitrogens is 1. The number of carboxylic acids is 1. The number of aliphatic carboxylic acids is 1. The van der Waals surface area contributed by atoms with Crippen molar-refractivity contribution in [3.05, 3.63) is 59.7 Å². The standard InChI is InChI=1S/C28H29FN4O2/c1-27(2,12-13-30)25-24(17-8-10-28(3,11-9-17)26(34)35)21-15-22-18(16-31-32-22)14-23(21)33(25)20-6-4-19(29)5-7-20/h4-7,14-17H,8-12H2,1-3H3,(H,31,32)(H,34,35)/t17-,28-. The van der Waals surface area contributed by atoms with Gasteiger partial charge in [0.25, 0.3) is 0 Å². The van der Waals surface area contributed by atoms with Crippen LogP contribution in [0.2, 0.25) is 0 Å². The largest absolute Gasteiger partial charge is 0.481 e. The predicted octanol–water partition coefficient (Wildman–Crippen LogP) is 6.59. The Morgan fingerprint density at radius 2 is 1.97 bits per heavy atom. The first-order valence-corrected chi connectivity index (χ1v) is 12.0. The van der Waals surface area contributed by atoms with Crippen LogP contribution in [0.15, 0.2) is 42.6 Å². The fraction of sp³-hybridized carbons (Fsp3) is 0.393. The molecule has 7 heteroatoms. The van der Waals surface area contributed by atoms with E-state index < -0.39 is 16.8 Å². The lowest BCUT2D eigenvalue weighted by Gasteiger charge is -2.36. The van der Waals surface area contributed by atoms with Crippen molar-refractivity contribution in [3.63, 3.8) is 0 Å². The van der Waals surface area contributed by atoms with Crippen LogP contribution in [0, 0.1) is 22.6 Å². The van der Waals surface area contributed by atoms with Crippen molar-refractivity contribution in [1.29, 1.82) is 5.26 Å². The van der Waals surface area contributed by atoms with Crippen molar-refractivity contribution < 1.29 is 14.3 Å². The molecular weight excluding hydrogens is 443 g/mol. The molecular formula is C28H29FN4O2. The lowest BCUT2D eigenvalue weighted by atomic mass is 9.68. The fourth-order valence-corrected chi connectivity index (χ4v) is 5.73. The van der Waals surface area contributed by atoms with Gasteiger partial charge in [0.1, 0.15) is 5.82 Å². The van der Waals surface area contributed by atoms with Crippen LogP contribution in [-0.4, -0.2) is 25.8 Å². The molecule has 0 saturated heterocycles. The highest BCUT2D eigenvalue weighted by molar-refractivity contribution is 5.99. The molecule has 1 aliphatic rings. The van der Waals surface area contributed by atoms with Crippen LogP contribution >= 0.6 is 0 Å². The molecule has 0 spiro atoms. The summed E-state index contributed by atoms with van der Waals surface area (Å²) in [5.41, 5.74) is 3.72. The van der Waals surface area contributed by atoms with Gasteiger partial charge in [0.2, 0.25) is 0 Å². The number of aromatic amines is 1. The Labute approximate surface area is 203 Å². The minimum absolute atomic E-state index is 0.153. The highest BCUT2D eigenvalue weighted by atomic mass is 19.1. The molecule has 0 amide bonds. The molecule has 6 nitrogen and oxygen atoms in total. The van der Waals surface area contributed by atoms with Gasteiger partial charge in [-0.3, -0.25) is 9.89 Å². The van der Waals surface area contributed by atoms with Gasteiger partial charge in [0.05, 0.1) is 28.7 Å². The van der Waals surface area contributed by atoms with E-state index in [1.54, 1.807) is 18.3 Å². The van der Waals surface area contributed by atoms with Gasteiger partial charge < -0.3 is 9.67 Å². The molecule has 180 valence electrons. The van der Waals surface area contributed by atoms with Gasteiger partial charge >= 0.3 is 5.97 Å². The Balaban J connectivity index is 1.82. The van der Waals surface area contributed by atoms with Gasteiger partial charge in [-0.1, -0.05) is 13.8 Å². The first kappa shape index (κ1) is 23.1. The van der Waals surface area contributed by atoms with Crippen molar-refractivity contribution in [2.45, 2.75) is 64.2 Å². The van der Waals surface area contributed by atoms with E-state index in [0.717, 1.165) is 51.6 Å². The number of rotatable bonds is 5. The highest BCUT2D eigenvalue weighted by Gasteiger charge is 2.41. The second kappa shape index (κ2) is 8.23. The van der Waals surface area contributed by atoms with E-state index in [9.17, 15) is 19.6 Å². The Kier molecular flexibility index (Phi) is 5.43. The topological polar surface area (TPSA) is 94.7 Å². The van der Waals surface area contributed by atoms with Gasteiger partial charge in [0, 0.05) is 34.0 Å². The maximum Gasteiger partial charge on any atom is 0.309 e. The van der Waals surface area contributed by atoms with Crippen LogP contribution in [0.5, 0.6) is 0 Å². The summed E-state index contributed by atoms with van der Waals surface area (Å²) in [7, 11) is 0. The fourth-order valence-electron chi connectivity index (χ4n) is 5.73. The Morgan fingerprint density at radius 1 is 1.29 bits per heavy atom. The molecule has 1 aliphatic carbocycles. The molecule has 5 rings (SSSR count). The van der Waals surface area contributed by atoms with Crippen molar-refractivity contribution in [1.82, 2.24) is 14.8 Å². The maximum atomic E-state index is 13.9. The Hall–Kier alpha value is -3.66. The first-order valence-electron chi connectivity index (χ1n) is 12.0. The van der Waals surface area contributed by atoms with Crippen LogP contribution < -0.4 is 0 Å². The number of nitrogens with zero attached hydrogens (tertiary/aromatic N) is 3. The van der Waals surface area contributed by atoms with E-state index in [-0.39, 0.29) is 11.7 Å². The average Bonchev–Trinajstić information content (AvgIpc) is 3.41. The van der Waals surface area contributed by atoms with E-state index in [0.29, 0.717) is 19.3 Å². The van der Waals surface area contributed by atoms with Crippen LogP contribution in [0.25, 0.3) is 27.5 Å². The van der Waals surface area contributed by atoms with Gasteiger partial charge in [-0.25, -0.2) is 4.39 Å². The second-order valence-corrected chi connectivity index (χ2v) is 10.8. The van der Waals surface area contributed by atoms with Crippen LogP contribution in [0.4, 0.5) is 4.39 Å². The van der Waals surface area contributed by atoms with Crippen LogP contribution in [0.1, 0.15) is 70.1 Å². The second-order valence-electron chi connectivity index (χ2n) is 10.8. The number of hydrogen-bond donors (Lipinski definition) is 2. The molecule has 2 N–H and O–H groups in total. The number of fused-ring (bicyclic) bond motifs is 2. The van der Waals surface area contributed by atoms with Gasteiger partial charge in [-0.2, -0.15) is 10.4 Å². The summed E-state index contributed by atoms with van der Waals surface area (Å²) in [6.07, 6.45) is 4.80. The number of carboxylic acid groups (broad SMARTS) is 1. The minimum atomic E-state index is -0.742. The van der Waals surface area contributed by atoms with Gasteiger partial charge in [0.15, 0.2) is 0 Å². The minimum Gasteiger partial charge on any atom is -0.481 e. The Morgan fingerprint density at radius 3 is 2.60 bits per heavy atom. The third-order valence-electron chi connectivity index (χ3n) is 7.83. The normalized spacial score (nSPS) is 20.8. The third kappa shape index (κ3) is 3.78. The number of halogens is 1. The SMILES string of the molecule is CC(C)(CC#N)c1c([C@H]2CC[C@](C)(C(=O)O)CC2)c2cc3[nH]ncc3cc2n1-c1ccc(F)cc1. The zero-order chi connectivity index (χ0) is 25.0. The average molecular weight is 473 g/mol. The smallest absolute Gasteiger partial charge is 0.309 e. The highest BCUT2D eigenvalue weighted by Crippen LogP contribution is 2.50. The number of hydrogen-bond acceptors (Lipinski definition) is 3. The van der Waals surface area contributed by atoms with Gasteiger partial charge in [-0.15, -0.1) is 0 Å². The van der Waals surface area contributed by atoms with E-state index in [1.807, 2.05) is 6.92 Å².